The zero-order valence-electron chi connectivity index (χ0n) is 35.1. The van der Waals surface area contributed by atoms with Gasteiger partial charge < -0.3 is 20.4 Å². The van der Waals surface area contributed by atoms with Crippen LogP contribution in [0.15, 0.2) is 91.1 Å². The number of nitrogens with one attached hydrogen (secondary N) is 1. The number of hydrogen-bond donors (Lipinski definition) is 3. The molecule has 3 N–H and O–H groups in total. The molecule has 1 aromatic heterocycles. The number of halogens is 1. The van der Waals surface area contributed by atoms with Crippen molar-refractivity contribution in [2.24, 2.45) is 0 Å². The summed E-state index contributed by atoms with van der Waals surface area (Å²) in [5.74, 6) is -1.13. The van der Waals surface area contributed by atoms with Gasteiger partial charge in [-0.05, 0) is 75.1 Å². The predicted octanol–water partition coefficient (Wildman–Crippen LogP) is 7.81. The second kappa shape index (κ2) is 27.1. The Morgan fingerprint density at radius 1 is 0.879 bits per heavy atom. The molecule has 0 bridgehead atoms. The Kier molecular flexibility index (Phi) is 23.1. The number of aliphatic hydroxyl groups excluding tert-OH is 2. The minimum atomic E-state index is -3.69. The summed E-state index contributed by atoms with van der Waals surface area (Å²) < 4.78 is 39.3. The average molecular weight is 822 g/mol. The van der Waals surface area contributed by atoms with Crippen molar-refractivity contribution < 1.29 is 32.6 Å². The second-order valence-electron chi connectivity index (χ2n) is 14.3. The molecule has 58 heavy (non-hydrogen) atoms. The Labute approximate surface area is 345 Å². The van der Waals surface area contributed by atoms with Crippen LogP contribution in [0, 0.1) is 5.82 Å². The first-order valence-electron chi connectivity index (χ1n) is 20.1. The highest BCUT2D eigenvalue weighted by molar-refractivity contribution is 7.92. The monoisotopic (exact) mass is 821 g/mol. The SMILES string of the molecule is CCC=CCC=CCC=CCC=CCC=CCCCC(=O)N(C)CCNC(=O)CC(O)CC(O)C=Cc1c(-c2ccc(F)cc2)nc(N(C)S(C)(=O)=O)nc1C(C)C. The van der Waals surface area contributed by atoms with E-state index in [0.29, 0.717) is 35.5 Å². The summed E-state index contributed by atoms with van der Waals surface area (Å²) in [6, 6.07) is 5.57. The van der Waals surface area contributed by atoms with Gasteiger partial charge in [0, 0.05) is 51.2 Å². The van der Waals surface area contributed by atoms with Crippen molar-refractivity contribution in [2.45, 2.75) is 103 Å². The first-order valence-corrected chi connectivity index (χ1v) is 21.9. The molecule has 318 valence electrons. The Morgan fingerprint density at radius 2 is 1.45 bits per heavy atom. The molecule has 0 aliphatic rings. The molecule has 2 aromatic rings. The maximum Gasteiger partial charge on any atom is 0.239 e. The molecule has 11 nitrogen and oxygen atoms in total. The first kappa shape index (κ1) is 49.4. The van der Waals surface area contributed by atoms with Crippen LogP contribution in [0.25, 0.3) is 17.3 Å². The fourth-order valence-corrected chi connectivity index (χ4v) is 5.93. The first-order chi connectivity index (χ1) is 27.6. The number of hydrogen-bond acceptors (Lipinski definition) is 8. The van der Waals surface area contributed by atoms with Crippen LogP contribution in [0.1, 0.15) is 102 Å². The number of unbranched alkanes of at least 4 members (excludes halogenated alkanes) is 1. The number of carbonyl (C=O) groups excluding carboxylic acids is 2. The predicted molar refractivity (Wildman–Crippen MR) is 234 cm³/mol. The van der Waals surface area contributed by atoms with Gasteiger partial charge in [0.25, 0.3) is 0 Å². The van der Waals surface area contributed by atoms with Gasteiger partial charge in [-0.3, -0.25) is 9.59 Å². The molecule has 2 unspecified atom stereocenters. The maximum absolute atomic E-state index is 13.8. The number of amides is 2. The van der Waals surface area contributed by atoms with Crippen molar-refractivity contribution in [3.8, 4) is 11.3 Å². The molecule has 2 rings (SSSR count). The van der Waals surface area contributed by atoms with Gasteiger partial charge in [0.1, 0.15) is 5.82 Å². The third-order valence-electron chi connectivity index (χ3n) is 8.94. The summed E-state index contributed by atoms with van der Waals surface area (Å²) in [7, 11) is -0.654. The van der Waals surface area contributed by atoms with Crippen LogP contribution < -0.4 is 9.62 Å². The van der Waals surface area contributed by atoms with Gasteiger partial charge in [-0.15, -0.1) is 0 Å². The number of carbonyl (C=O) groups is 2. The highest BCUT2D eigenvalue weighted by atomic mass is 32.2. The van der Waals surface area contributed by atoms with Gasteiger partial charge in [0.15, 0.2) is 0 Å². The summed E-state index contributed by atoms with van der Waals surface area (Å²) >= 11 is 0. The number of likely N-dealkylation sites (N-methyl/N-ethyl adjacent to an activating group) is 1. The number of nitrogens with zero attached hydrogens (tertiary/aromatic N) is 4. The Bertz CT molecular complexity index is 1850. The molecular weight excluding hydrogens is 758 g/mol. The lowest BCUT2D eigenvalue weighted by Gasteiger charge is -2.20. The van der Waals surface area contributed by atoms with Gasteiger partial charge in [-0.1, -0.05) is 93.7 Å². The Hall–Kier alpha value is -4.72. The Morgan fingerprint density at radius 3 is 2.00 bits per heavy atom. The van der Waals surface area contributed by atoms with Crippen LogP contribution in [0.4, 0.5) is 10.3 Å². The van der Waals surface area contributed by atoms with E-state index in [9.17, 15) is 32.6 Å². The summed E-state index contributed by atoms with van der Waals surface area (Å²) in [5.41, 5.74) is 1.83. The van der Waals surface area contributed by atoms with Gasteiger partial charge >= 0.3 is 0 Å². The maximum atomic E-state index is 13.8. The zero-order valence-corrected chi connectivity index (χ0v) is 35.9. The van der Waals surface area contributed by atoms with Gasteiger partial charge in [0.2, 0.25) is 27.8 Å². The molecular formula is C45H64FN5O6S. The average Bonchev–Trinajstić information content (AvgIpc) is 3.17. The minimum Gasteiger partial charge on any atom is -0.392 e. The summed E-state index contributed by atoms with van der Waals surface area (Å²) in [6.45, 7) is 6.43. The molecule has 1 heterocycles. The Balaban J connectivity index is 1.78. The number of aliphatic hydroxyl groups is 2. The minimum absolute atomic E-state index is 0.0118. The van der Waals surface area contributed by atoms with Crippen molar-refractivity contribution in [3.63, 3.8) is 0 Å². The largest absolute Gasteiger partial charge is 0.392 e. The fourth-order valence-electron chi connectivity index (χ4n) is 5.55. The number of rotatable bonds is 26. The third-order valence-corrected chi connectivity index (χ3v) is 10.1. The van der Waals surface area contributed by atoms with Crippen LogP contribution in [-0.2, 0) is 19.6 Å². The summed E-state index contributed by atoms with van der Waals surface area (Å²) in [5, 5.41) is 24.1. The molecule has 0 spiro atoms. The summed E-state index contributed by atoms with van der Waals surface area (Å²) in [4.78, 5) is 35.7. The molecule has 13 heteroatoms. The van der Waals surface area contributed by atoms with Crippen LogP contribution in [0.3, 0.4) is 0 Å². The molecule has 0 radical (unpaired) electrons. The van der Waals surface area contributed by atoms with Crippen LogP contribution in [0.5, 0.6) is 0 Å². The highest BCUT2D eigenvalue weighted by Crippen LogP contribution is 2.32. The number of aromatic nitrogens is 2. The second-order valence-corrected chi connectivity index (χ2v) is 16.4. The number of allylic oxidation sites excluding steroid dienone is 10. The normalized spacial score (nSPS) is 13.6. The fraction of sp³-hybridized carbons (Fsp3) is 0.467. The number of sulfonamides is 1. The highest BCUT2D eigenvalue weighted by Gasteiger charge is 2.23. The van der Waals surface area contributed by atoms with Crippen LogP contribution in [0.2, 0.25) is 0 Å². The molecule has 0 aliphatic heterocycles. The van der Waals surface area contributed by atoms with Gasteiger partial charge in [-0.25, -0.2) is 27.1 Å². The summed E-state index contributed by atoms with van der Waals surface area (Å²) in [6.07, 6.45) is 29.6. The van der Waals surface area contributed by atoms with E-state index in [0.717, 1.165) is 55.5 Å². The van der Waals surface area contributed by atoms with Crippen molar-refractivity contribution in [3.05, 3.63) is 108 Å². The van der Waals surface area contributed by atoms with Crippen molar-refractivity contribution in [1.29, 1.82) is 0 Å². The van der Waals surface area contributed by atoms with E-state index in [2.05, 4.69) is 83.0 Å². The van der Waals surface area contributed by atoms with E-state index in [1.165, 1.54) is 37.4 Å². The van der Waals surface area contributed by atoms with E-state index in [-0.39, 0.29) is 37.2 Å². The molecule has 0 saturated carbocycles. The standard InChI is InChI=1S/C45H64FN5O6S/c1-7-8-9-10-11-12-13-14-15-16-17-18-19-20-21-22-23-24-42(55)50(4)32-31-47-41(54)34-39(53)33-38(52)29-30-40-43(35(2)3)48-45(51(5)58(6,56)57)49-44(40)36-25-27-37(46)28-26-36/h8-9,11-12,14-15,17-18,20-21,25-30,35,38-39,52-53H,7,10,13,16,19,22-24,31-34H2,1-6H3,(H,47,54). The van der Waals surface area contributed by atoms with Crippen molar-refractivity contribution in [1.82, 2.24) is 20.2 Å². The van der Waals surface area contributed by atoms with E-state index in [1.807, 2.05) is 13.8 Å². The number of anilines is 1. The molecule has 2 amide bonds. The quantitative estimate of drug-likeness (QED) is 0.0642. The van der Waals surface area contributed by atoms with Crippen molar-refractivity contribution in [2.75, 3.05) is 37.7 Å². The molecule has 2 atom stereocenters. The topological polar surface area (TPSA) is 153 Å². The third kappa shape index (κ3) is 19.6. The lowest BCUT2D eigenvalue weighted by atomic mass is 9.97. The molecule has 1 aromatic carbocycles. The lowest BCUT2D eigenvalue weighted by molar-refractivity contribution is -0.130. The van der Waals surface area contributed by atoms with E-state index >= 15 is 0 Å². The number of benzene rings is 1. The van der Waals surface area contributed by atoms with E-state index in [1.54, 1.807) is 18.0 Å². The molecule has 0 aliphatic carbocycles. The molecule has 0 fully saturated rings. The van der Waals surface area contributed by atoms with Gasteiger partial charge in [-0.2, -0.15) is 0 Å². The van der Waals surface area contributed by atoms with E-state index in [4.69, 9.17) is 0 Å². The lowest BCUT2D eigenvalue weighted by Crippen LogP contribution is -2.37. The zero-order chi connectivity index (χ0) is 42.9. The van der Waals surface area contributed by atoms with Crippen LogP contribution >= 0.6 is 0 Å². The van der Waals surface area contributed by atoms with Gasteiger partial charge in [0.05, 0.1) is 36.3 Å². The molecule has 0 saturated heterocycles. The smallest absolute Gasteiger partial charge is 0.239 e. The van der Waals surface area contributed by atoms with E-state index < -0.39 is 34.0 Å². The van der Waals surface area contributed by atoms with Crippen molar-refractivity contribution >= 4 is 33.9 Å². The van der Waals surface area contributed by atoms with Crippen LogP contribution in [-0.4, -0.2) is 91.0 Å².